The molecule has 0 unspecified atom stereocenters. The molecule has 0 bridgehead atoms. The minimum Gasteiger partial charge on any atom is -0.366 e. The highest BCUT2D eigenvalue weighted by Gasteiger charge is 2.03. The number of nitro groups is 1. The van der Waals surface area contributed by atoms with Crippen LogP contribution in [-0.4, -0.2) is 10.8 Å². The fraction of sp³-hybridized carbons (Fsp3) is 0. The number of carbonyl (C=O) groups is 1. The van der Waals surface area contributed by atoms with E-state index >= 15 is 0 Å². The first-order valence-electron chi connectivity index (χ1n) is 5.88. The number of primary amides is 1. The van der Waals surface area contributed by atoms with Crippen LogP contribution in [0.5, 0.6) is 0 Å². The molecule has 0 saturated heterocycles. The topological polar surface area (TPSA) is 86.2 Å². The molecule has 5 heteroatoms. The molecule has 0 atom stereocenters. The van der Waals surface area contributed by atoms with Crippen LogP contribution in [0.25, 0.3) is 12.2 Å². The summed E-state index contributed by atoms with van der Waals surface area (Å²) < 4.78 is 0. The van der Waals surface area contributed by atoms with Crippen molar-refractivity contribution in [3.8, 4) is 0 Å². The van der Waals surface area contributed by atoms with Crippen LogP contribution in [0.15, 0.2) is 48.5 Å². The van der Waals surface area contributed by atoms with E-state index in [-0.39, 0.29) is 5.69 Å². The Kier molecular flexibility index (Phi) is 3.91. The lowest BCUT2D eigenvalue weighted by molar-refractivity contribution is -0.384. The lowest BCUT2D eigenvalue weighted by Gasteiger charge is -1.98. The van der Waals surface area contributed by atoms with E-state index in [1.807, 2.05) is 6.07 Å². The summed E-state index contributed by atoms with van der Waals surface area (Å²) in [6.07, 6.45) is 3.51. The zero-order valence-corrected chi connectivity index (χ0v) is 10.5. The molecule has 0 radical (unpaired) electrons. The molecule has 20 heavy (non-hydrogen) atoms. The van der Waals surface area contributed by atoms with Gasteiger partial charge in [-0.05, 0) is 23.3 Å². The Bertz CT molecular complexity index is 634. The molecule has 0 heterocycles. The van der Waals surface area contributed by atoms with Crippen molar-refractivity contribution in [2.75, 3.05) is 0 Å². The summed E-state index contributed by atoms with van der Waals surface area (Å²) in [7, 11) is 0. The van der Waals surface area contributed by atoms with Crippen LogP contribution < -0.4 is 5.73 Å². The van der Waals surface area contributed by atoms with Crippen molar-refractivity contribution in [2.24, 2.45) is 5.73 Å². The van der Waals surface area contributed by atoms with Crippen LogP contribution >= 0.6 is 0 Å². The second kappa shape index (κ2) is 5.79. The largest absolute Gasteiger partial charge is 0.366 e. The third-order valence-electron chi connectivity index (χ3n) is 2.72. The molecular weight excluding hydrogens is 256 g/mol. The monoisotopic (exact) mass is 268 g/mol. The SMILES string of the molecule is NC(=O)c1cccc(/C=C/c2cccc([N+](=O)[O-])c2)c1. The maximum absolute atomic E-state index is 11.1. The van der Waals surface area contributed by atoms with Gasteiger partial charge in [0.1, 0.15) is 0 Å². The molecule has 2 aromatic carbocycles. The van der Waals surface area contributed by atoms with Gasteiger partial charge in [0.15, 0.2) is 0 Å². The Labute approximate surface area is 115 Å². The van der Waals surface area contributed by atoms with E-state index in [0.29, 0.717) is 11.1 Å². The van der Waals surface area contributed by atoms with Gasteiger partial charge in [0.2, 0.25) is 5.91 Å². The van der Waals surface area contributed by atoms with Crippen molar-refractivity contribution < 1.29 is 9.72 Å². The quantitative estimate of drug-likeness (QED) is 0.525. The molecule has 2 aromatic rings. The maximum Gasteiger partial charge on any atom is 0.270 e. The van der Waals surface area contributed by atoms with Gasteiger partial charge < -0.3 is 5.73 Å². The van der Waals surface area contributed by atoms with Crippen LogP contribution in [0.1, 0.15) is 21.5 Å². The normalized spacial score (nSPS) is 10.6. The molecule has 100 valence electrons. The van der Waals surface area contributed by atoms with E-state index in [2.05, 4.69) is 0 Å². The number of hydrogen-bond donors (Lipinski definition) is 1. The van der Waals surface area contributed by atoms with Gasteiger partial charge in [0.05, 0.1) is 4.92 Å². The Balaban J connectivity index is 2.25. The number of rotatable bonds is 4. The second-order valence-electron chi connectivity index (χ2n) is 4.18. The minimum atomic E-state index is -0.490. The zero-order chi connectivity index (χ0) is 14.5. The lowest BCUT2D eigenvalue weighted by atomic mass is 10.1. The predicted molar refractivity (Wildman–Crippen MR) is 77.0 cm³/mol. The second-order valence-corrected chi connectivity index (χ2v) is 4.18. The Morgan fingerprint density at radius 2 is 1.65 bits per heavy atom. The highest BCUT2D eigenvalue weighted by molar-refractivity contribution is 5.93. The molecule has 0 fully saturated rings. The molecule has 0 aliphatic carbocycles. The summed E-state index contributed by atoms with van der Waals surface area (Å²) in [6, 6.07) is 13.1. The summed E-state index contributed by atoms with van der Waals surface area (Å²) in [4.78, 5) is 21.3. The van der Waals surface area contributed by atoms with Crippen molar-refractivity contribution in [3.63, 3.8) is 0 Å². The first kappa shape index (κ1) is 13.5. The lowest BCUT2D eigenvalue weighted by Crippen LogP contribution is -2.10. The first-order valence-corrected chi connectivity index (χ1v) is 5.88. The third-order valence-corrected chi connectivity index (χ3v) is 2.72. The average molecular weight is 268 g/mol. The van der Waals surface area contributed by atoms with Crippen LogP contribution in [0.3, 0.4) is 0 Å². The van der Waals surface area contributed by atoms with Crippen LogP contribution in [0, 0.1) is 10.1 Å². The number of carbonyl (C=O) groups excluding carboxylic acids is 1. The predicted octanol–water partition coefficient (Wildman–Crippen LogP) is 2.86. The number of benzene rings is 2. The van der Waals surface area contributed by atoms with Crippen molar-refractivity contribution in [1.29, 1.82) is 0 Å². The van der Waals surface area contributed by atoms with E-state index in [4.69, 9.17) is 5.73 Å². The Hall–Kier alpha value is -2.95. The van der Waals surface area contributed by atoms with Gasteiger partial charge in [-0.1, -0.05) is 36.4 Å². The Morgan fingerprint density at radius 1 is 1.05 bits per heavy atom. The number of amides is 1. The van der Waals surface area contributed by atoms with E-state index in [0.717, 1.165) is 5.56 Å². The fourth-order valence-electron chi connectivity index (χ4n) is 1.73. The van der Waals surface area contributed by atoms with Crippen molar-refractivity contribution in [3.05, 3.63) is 75.3 Å². The average Bonchev–Trinajstić information content (AvgIpc) is 2.45. The highest BCUT2D eigenvalue weighted by atomic mass is 16.6. The molecule has 0 aromatic heterocycles. The smallest absolute Gasteiger partial charge is 0.270 e. The van der Waals surface area contributed by atoms with E-state index in [1.54, 1.807) is 42.5 Å². The van der Waals surface area contributed by atoms with Gasteiger partial charge in [0, 0.05) is 17.7 Å². The molecular formula is C15H12N2O3. The van der Waals surface area contributed by atoms with Crippen molar-refractivity contribution in [2.45, 2.75) is 0 Å². The first-order chi connectivity index (χ1) is 9.56. The molecule has 0 aliphatic rings. The van der Waals surface area contributed by atoms with E-state index in [1.165, 1.54) is 12.1 Å². The molecule has 2 N–H and O–H groups in total. The highest BCUT2D eigenvalue weighted by Crippen LogP contribution is 2.16. The summed E-state index contributed by atoms with van der Waals surface area (Å²) in [5.74, 6) is -0.490. The molecule has 0 spiro atoms. The third kappa shape index (κ3) is 3.29. The molecule has 1 amide bonds. The Morgan fingerprint density at radius 3 is 2.25 bits per heavy atom. The van der Waals surface area contributed by atoms with Crippen molar-refractivity contribution >= 4 is 23.7 Å². The van der Waals surface area contributed by atoms with Crippen molar-refractivity contribution in [1.82, 2.24) is 0 Å². The number of nitrogens with zero attached hydrogens (tertiary/aromatic N) is 1. The van der Waals surface area contributed by atoms with Gasteiger partial charge in [-0.25, -0.2) is 0 Å². The van der Waals surface area contributed by atoms with Gasteiger partial charge in [-0.2, -0.15) is 0 Å². The number of hydrogen-bond acceptors (Lipinski definition) is 3. The molecule has 0 saturated carbocycles. The molecule has 0 aliphatic heterocycles. The zero-order valence-electron chi connectivity index (χ0n) is 10.5. The van der Waals surface area contributed by atoms with Crippen LogP contribution in [-0.2, 0) is 0 Å². The van der Waals surface area contributed by atoms with E-state index < -0.39 is 10.8 Å². The maximum atomic E-state index is 11.1. The fourth-order valence-corrected chi connectivity index (χ4v) is 1.73. The number of nitro benzene ring substituents is 1. The minimum absolute atomic E-state index is 0.0398. The number of non-ortho nitro benzene ring substituents is 1. The van der Waals surface area contributed by atoms with Gasteiger partial charge in [0.25, 0.3) is 5.69 Å². The van der Waals surface area contributed by atoms with E-state index in [9.17, 15) is 14.9 Å². The van der Waals surface area contributed by atoms with Crippen LogP contribution in [0.2, 0.25) is 0 Å². The van der Waals surface area contributed by atoms with Gasteiger partial charge in [-0.15, -0.1) is 0 Å². The van der Waals surface area contributed by atoms with Gasteiger partial charge >= 0.3 is 0 Å². The summed E-state index contributed by atoms with van der Waals surface area (Å²) in [6.45, 7) is 0. The number of nitrogens with two attached hydrogens (primary N) is 1. The molecule has 5 nitrogen and oxygen atoms in total. The summed E-state index contributed by atoms with van der Waals surface area (Å²) >= 11 is 0. The van der Waals surface area contributed by atoms with Crippen LogP contribution in [0.4, 0.5) is 5.69 Å². The standard InChI is InChI=1S/C15H12N2O3/c16-15(18)13-5-1-3-11(9-13)7-8-12-4-2-6-14(10-12)17(19)20/h1-10H,(H2,16,18)/b8-7+. The van der Waals surface area contributed by atoms with Gasteiger partial charge in [-0.3, -0.25) is 14.9 Å². The molecule has 2 rings (SSSR count). The summed E-state index contributed by atoms with van der Waals surface area (Å²) in [5.41, 5.74) is 7.18. The summed E-state index contributed by atoms with van der Waals surface area (Å²) in [5, 5.41) is 10.7.